The Labute approximate surface area is 125 Å². The molecule has 5 heteroatoms. The Kier molecular flexibility index (Phi) is 8.18. The van der Waals surface area contributed by atoms with E-state index in [2.05, 4.69) is 6.07 Å². The van der Waals surface area contributed by atoms with Crippen molar-refractivity contribution >= 4 is 11.8 Å². The van der Waals surface area contributed by atoms with E-state index in [0.29, 0.717) is 19.0 Å². The molecule has 114 valence electrons. The van der Waals surface area contributed by atoms with Crippen molar-refractivity contribution in [2.24, 2.45) is 5.73 Å². The third-order valence-electron chi connectivity index (χ3n) is 2.80. The van der Waals surface area contributed by atoms with Crippen LogP contribution in [0.15, 0.2) is 29.2 Å². The summed E-state index contributed by atoms with van der Waals surface area (Å²) in [6, 6.07) is 8.12. The van der Waals surface area contributed by atoms with E-state index in [9.17, 15) is 5.11 Å². The second-order valence-corrected chi connectivity index (χ2v) is 6.02. The van der Waals surface area contributed by atoms with Crippen LogP contribution >= 0.6 is 11.8 Å². The lowest BCUT2D eigenvalue weighted by Gasteiger charge is -2.16. The zero-order valence-electron chi connectivity index (χ0n) is 12.4. The Hall–Kier alpha value is -0.590. The molecular formula is C15H25NO3S. The van der Waals surface area contributed by atoms with Gasteiger partial charge in [-0.3, -0.25) is 0 Å². The summed E-state index contributed by atoms with van der Waals surface area (Å²) in [5, 5.41) is 9.89. The SMILES string of the molecule is COCC(C)OCC(O)CSc1cccc(C(C)N)c1. The van der Waals surface area contributed by atoms with E-state index in [0.717, 1.165) is 10.5 Å². The first-order valence-electron chi connectivity index (χ1n) is 6.80. The van der Waals surface area contributed by atoms with Crippen LogP contribution in [-0.2, 0) is 9.47 Å². The molecule has 0 saturated heterocycles. The summed E-state index contributed by atoms with van der Waals surface area (Å²) in [7, 11) is 1.64. The molecule has 0 heterocycles. The first kappa shape index (κ1) is 17.5. The third-order valence-corrected chi connectivity index (χ3v) is 3.94. The Morgan fingerprint density at radius 1 is 1.30 bits per heavy atom. The quantitative estimate of drug-likeness (QED) is 0.684. The van der Waals surface area contributed by atoms with Crippen molar-refractivity contribution in [3.05, 3.63) is 29.8 Å². The summed E-state index contributed by atoms with van der Waals surface area (Å²) >= 11 is 1.61. The lowest BCUT2D eigenvalue weighted by molar-refractivity contribution is -0.0257. The van der Waals surface area contributed by atoms with E-state index in [-0.39, 0.29) is 12.1 Å². The van der Waals surface area contributed by atoms with Crippen LogP contribution in [0.5, 0.6) is 0 Å². The van der Waals surface area contributed by atoms with Crippen molar-refractivity contribution < 1.29 is 14.6 Å². The van der Waals surface area contributed by atoms with E-state index in [1.54, 1.807) is 18.9 Å². The first-order valence-corrected chi connectivity index (χ1v) is 7.78. The molecule has 3 unspecified atom stereocenters. The Bertz CT molecular complexity index is 387. The second kappa shape index (κ2) is 9.37. The van der Waals surface area contributed by atoms with Gasteiger partial charge in [-0.05, 0) is 31.5 Å². The van der Waals surface area contributed by atoms with Gasteiger partial charge in [-0.15, -0.1) is 11.8 Å². The minimum Gasteiger partial charge on any atom is -0.390 e. The number of methoxy groups -OCH3 is 1. The number of hydrogen-bond acceptors (Lipinski definition) is 5. The molecule has 0 fully saturated rings. The molecule has 4 nitrogen and oxygen atoms in total. The molecule has 0 amide bonds. The lowest BCUT2D eigenvalue weighted by atomic mass is 10.1. The average molecular weight is 299 g/mol. The maximum Gasteiger partial charge on any atom is 0.0867 e. The normalized spacial score (nSPS) is 15.8. The summed E-state index contributed by atoms with van der Waals surface area (Å²) < 4.78 is 10.5. The standard InChI is InChI=1S/C15H25NO3S/c1-11(8-18-3)19-9-14(17)10-20-15-6-4-5-13(7-15)12(2)16/h4-7,11-12,14,17H,8-10,16H2,1-3H3. The van der Waals surface area contributed by atoms with Gasteiger partial charge in [-0.1, -0.05) is 12.1 Å². The van der Waals surface area contributed by atoms with Crippen LogP contribution in [0.4, 0.5) is 0 Å². The lowest BCUT2D eigenvalue weighted by Crippen LogP contribution is -2.24. The number of aliphatic hydroxyl groups is 1. The maximum absolute atomic E-state index is 9.89. The van der Waals surface area contributed by atoms with Crippen LogP contribution in [-0.4, -0.2) is 43.4 Å². The highest BCUT2D eigenvalue weighted by Crippen LogP contribution is 2.22. The fourth-order valence-corrected chi connectivity index (χ4v) is 2.56. The zero-order valence-corrected chi connectivity index (χ0v) is 13.2. The number of rotatable bonds is 9. The highest BCUT2D eigenvalue weighted by molar-refractivity contribution is 7.99. The molecule has 1 aromatic rings. The van der Waals surface area contributed by atoms with Crippen LogP contribution in [0.1, 0.15) is 25.5 Å². The maximum atomic E-state index is 9.89. The van der Waals surface area contributed by atoms with Crippen molar-refractivity contribution in [2.75, 3.05) is 26.1 Å². The molecule has 0 aliphatic heterocycles. The molecule has 0 aromatic heterocycles. The minimum absolute atomic E-state index is 0.000989. The monoisotopic (exact) mass is 299 g/mol. The van der Waals surface area contributed by atoms with Crippen molar-refractivity contribution in [3.63, 3.8) is 0 Å². The second-order valence-electron chi connectivity index (χ2n) is 4.93. The van der Waals surface area contributed by atoms with Crippen molar-refractivity contribution in [3.8, 4) is 0 Å². The van der Waals surface area contributed by atoms with Crippen LogP contribution in [0.2, 0.25) is 0 Å². The molecular weight excluding hydrogens is 274 g/mol. The molecule has 1 aromatic carbocycles. The highest BCUT2D eigenvalue weighted by Gasteiger charge is 2.09. The molecule has 3 atom stereocenters. The number of thioether (sulfide) groups is 1. The van der Waals surface area contributed by atoms with Gasteiger partial charge in [0.25, 0.3) is 0 Å². The topological polar surface area (TPSA) is 64.7 Å². The molecule has 0 bridgehead atoms. The Morgan fingerprint density at radius 2 is 2.05 bits per heavy atom. The fourth-order valence-electron chi connectivity index (χ4n) is 1.69. The summed E-state index contributed by atoms with van der Waals surface area (Å²) in [5.74, 6) is 0.599. The number of hydrogen-bond donors (Lipinski definition) is 2. The van der Waals surface area contributed by atoms with Crippen molar-refractivity contribution in [2.45, 2.75) is 37.0 Å². The number of benzene rings is 1. The third kappa shape index (κ3) is 6.72. The molecule has 0 spiro atoms. The Balaban J connectivity index is 2.33. The molecule has 0 aliphatic rings. The summed E-state index contributed by atoms with van der Waals surface area (Å²) in [5.41, 5.74) is 6.96. The molecule has 0 saturated carbocycles. The van der Waals surface area contributed by atoms with Gasteiger partial charge in [0.15, 0.2) is 0 Å². The molecule has 0 radical (unpaired) electrons. The number of ether oxygens (including phenoxy) is 2. The fraction of sp³-hybridized carbons (Fsp3) is 0.600. The van der Waals surface area contributed by atoms with Gasteiger partial charge in [0.1, 0.15) is 0 Å². The van der Waals surface area contributed by atoms with Crippen LogP contribution in [0, 0.1) is 0 Å². The van der Waals surface area contributed by atoms with Crippen LogP contribution < -0.4 is 5.73 Å². The van der Waals surface area contributed by atoms with Crippen LogP contribution in [0.25, 0.3) is 0 Å². The number of nitrogens with two attached hydrogens (primary N) is 1. The van der Waals surface area contributed by atoms with Gasteiger partial charge in [0, 0.05) is 23.8 Å². The van der Waals surface area contributed by atoms with Gasteiger partial charge >= 0.3 is 0 Å². The van der Waals surface area contributed by atoms with Gasteiger partial charge in [0.05, 0.1) is 25.4 Å². The smallest absolute Gasteiger partial charge is 0.0867 e. The minimum atomic E-state index is -0.488. The molecule has 3 N–H and O–H groups in total. The van der Waals surface area contributed by atoms with Crippen LogP contribution in [0.3, 0.4) is 0 Å². The van der Waals surface area contributed by atoms with Crippen molar-refractivity contribution in [1.29, 1.82) is 0 Å². The summed E-state index contributed by atoms with van der Waals surface area (Å²) in [6.07, 6.45) is -0.487. The predicted molar refractivity (Wildman–Crippen MR) is 83.1 cm³/mol. The predicted octanol–water partition coefficient (Wildman–Crippen LogP) is 2.21. The summed E-state index contributed by atoms with van der Waals surface area (Å²) in [6.45, 7) is 4.75. The molecule has 0 aliphatic carbocycles. The van der Waals surface area contributed by atoms with E-state index in [1.807, 2.05) is 32.0 Å². The van der Waals surface area contributed by atoms with Gasteiger partial charge in [-0.2, -0.15) is 0 Å². The largest absolute Gasteiger partial charge is 0.390 e. The van der Waals surface area contributed by atoms with Gasteiger partial charge in [-0.25, -0.2) is 0 Å². The average Bonchev–Trinajstić information content (AvgIpc) is 2.43. The van der Waals surface area contributed by atoms with Crippen molar-refractivity contribution in [1.82, 2.24) is 0 Å². The molecule has 20 heavy (non-hydrogen) atoms. The van der Waals surface area contributed by atoms with Gasteiger partial charge < -0.3 is 20.3 Å². The van der Waals surface area contributed by atoms with E-state index in [4.69, 9.17) is 15.2 Å². The van der Waals surface area contributed by atoms with E-state index < -0.39 is 6.10 Å². The molecule has 1 rings (SSSR count). The summed E-state index contributed by atoms with van der Waals surface area (Å²) in [4.78, 5) is 1.11. The number of aliphatic hydroxyl groups excluding tert-OH is 1. The van der Waals surface area contributed by atoms with E-state index in [1.165, 1.54) is 0 Å². The van der Waals surface area contributed by atoms with E-state index >= 15 is 0 Å². The zero-order chi connectivity index (χ0) is 15.0. The Morgan fingerprint density at radius 3 is 2.70 bits per heavy atom. The first-order chi connectivity index (χ1) is 9.52. The van der Waals surface area contributed by atoms with Gasteiger partial charge in [0.2, 0.25) is 0 Å². The highest BCUT2D eigenvalue weighted by atomic mass is 32.2.